The second kappa shape index (κ2) is 5.39. The molecule has 94 valence electrons. The molecule has 2 N–H and O–H groups in total. The smallest absolute Gasteiger partial charge is 0.192 e. The van der Waals surface area contributed by atoms with Gasteiger partial charge in [-0.2, -0.15) is 0 Å². The zero-order valence-corrected chi connectivity index (χ0v) is 10.5. The van der Waals surface area contributed by atoms with E-state index in [9.17, 15) is 18.3 Å². The van der Waals surface area contributed by atoms with Crippen molar-refractivity contribution in [3.8, 4) is 0 Å². The van der Waals surface area contributed by atoms with Crippen molar-refractivity contribution < 1.29 is 18.3 Å². The minimum atomic E-state index is -3.26. The highest BCUT2D eigenvalue weighted by Crippen LogP contribution is 2.11. The van der Waals surface area contributed by atoms with Gasteiger partial charge < -0.3 is 10.4 Å². The molecule has 0 bridgehead atoms. The minimum absolute atomic E-state index is 0.150. The van der Waals surface area contributed by atoms with Gasteiger partial charge in [-0.3, -0.25) is 4.79 Å². The van der Waals surface area contributed by atoms with Gasteiger partial charge in [0.05, 0.1) is 4.90 Å². The summed E-state index contributed by atoms with van der Waals surface area (Å²) in [7, 11) is -1.63. The Hall–Kier alpha value is -1.24. The van der Waals surface area contributed by atoms with Crippen molar-refractivity contribution in [2.75, 3.05) is 19.8 Å². The van der Waals surface area contributed by atoms with E-state index >= 15 is 0 Å². The van der Waals surface area contributed by atoms with E-state index in [-0.39, 0.29) is 11.4 Å². The van der Waals surface area contributed by atoms with Gasteiger partial charge in [-0.1, -0.05) is 12.1 Å². The molecule has 0 aliphatic rings. The van der Waals surface area contributed by atoms with E-state index in [1.54, 1.807) is 7.05 Å². The van der Waals surface area contributed by atoms with Crippen LogP contribution in [0.25, 0.3) is 0 Å². The second-order valence-corrected chi connectivity index (χ2v) is 5.75. The summed E-state index contributed by atoms with van der Waals surface area (Å²) in [4.78, 5) is 11.8. The lowest BCUT2D eigenvalue weighted by Crippen LogP contribution is -2.31. The number of aliphatic hydroxyl groups excluding tert-OH is 1. The van der Waals surface area contributed by atoms with Crippen molar-refractivity contribution in [2.24, 2.45) is 0 Å². The summed E-state index contributed by atoms with van der Waals surface area (Å²) in [6.07, 6.45) is -0.0243. The fraction of sp³-hybridized carbons (Fsp3) is 0.364. The summed E-state index contributed by atoms with van der Waals surface area (Å²) in [6.45, 7) is 0.159. The van der Waals surface area contributed by atoms with Gasteiger partial charge in [-0.25, -0.2) is 8.42 Å². The molecule has 0 fully saturated rings. The number of carbonyl (C=O) groups excluding carboxylic acids is 1. The molecule has 1 aromatic rings. The first-order chi connectivity index (χ1) is 7.86. The standard InChI is InChI=1S/C11H15NO4S/c1-12-7-10(13)11(14)8-3-5-9(6-4-8)17(2,15)16/h3-6,10,12-13H,7H2,1-2H3. The molecule has 0 amide bonds. The molecule has 1 atom stereocenters. The third kappa shape index (κ3) is 3.62. The molecule has 1 unspecified atom stereocenters. The maximum Gasteiger partial charge on any atom is 0.192 e. The van der Waals surface area contributed by atoms with Crippen LogP contribution in [-0.4, -0.2) is 45.3 Å². The third-order valence-corrected chi connectivity index (χ3v) is 3.40. The Labute approximate surface area is 100 Å². The zero-order chi connectivity index (χ0) is 13.1. The van der Waals surface area contributed by atoms with Gasteiger partial charge in [0.15, 0.2) is 15.6 Å². The first kappa shape index (κ1) is 13.8. The molecule has 17 heavy (non-hydrogen) atoms. The molecule has 0 aromatic heterocycles. The van der Waals surface area contributed by atoms with Gasteiger partial charge in [0.1, 0.15) is 6.10 Å². The number of Topliss-reactive ketones (excluding diaryl/α,β-unsaturated/α-hetero) is 1. The number of rotatable bonds is 5. The van der Waals surface area contributed by atoms with E-state index in [1.807, 2.05) is 0 Å². The molecule has 0 radical (unpaired) electrons. The predicted octanol–water partition coefficient (Wildman–Crippen LogP) is -0.147. The summed E-state index contributed by atoms with van der Waals surface area (Å²) in [6, 6.07) is 5.51. The highest BCUT2D eigenvalue weighted by atomic mass is 32.2. The van der Waals surface area contributed by atoms with Crippen LogP contribution in [0.15, 0.2) is 29.2 Å². The van der Waals surface area contributed by atoms with E-state index in [0.717, 1.165) is 6.26 Å². The molecule has 0 heterocycles. The second-order valence-electron chi connectivity index (χ2n) is 3.73. The lowest BCUT2D eigenvalue weighted by atomic mass is 10.1. The Kier molecular flexibility index (Phi) is 4.39. The van der Waals surface area contributed by atoms with Crippen LogP contribution in [-0.2, 0) is 9.84 Å². The van der Waals surface area contributed by atoms with Crippen molar-refractivity contribution in [1.29, 1.82) is 0 Å². The van der Waals surface area contributed by atoms with Gasteiger partial charge in [-0.15, -0.1) is 0 Å². The van der Waals surface area contributed by atoms with Gasteiger partial charge in [0.25, 0.3) is 0 Å². The van der Waals surface area contributed by atoms with Crippen LogP contribution in [0.1, 0.15) is 10.4 Å². The fourth-order valence-electron chi connectivity index (χ4n) is 1.34. The average Bonchev–Trinajstić information content (AvgIpc) is 2.27. The maximum absolute atomic E-state index is 11.7. The minimum Gasteiger partial charge on any atom is -0.384 e. The van der Waals surface area contributed by atoms with Crippen LogP contribution in [0.3, 0.4) is 0 Å². The molecular formula is C11H15NO4S. The zero-order valence-electron chi connectivity index (χ0n) is 9.67. The monoisotopic (exact) mass is 257 g/mol. The van der Waals surface area contributed by atoms with Crippen molar-refractivity contribution in [3.05, 3.63) is 29.8 Å². The van der Waals surface area contributed by atoms with E-state index in [0.29, 0.717) is 5.56 Å². The maximum atomic E-state index is 11.7. The molecule has 0 saturated heterocycles. The summed E-state index contributed by atoms with van der Waals surface area (Å²) in [5, 5.41) is 12.2. The number of nitrogens with one attached hydrogen (secondary N) is 1. The molecule has 0 aliphatic carbocycles. The van der Waals surface area contributed by atoms with E-state index in [1.165, 1.54) is 24.3 Å². The molecule has 1 rings (SSSR count). The topological polar surface area (TPSA) is 83.5 Å². The lowest BCUT2D eigenvalue weighted by Gasteiger charge is -2.08. The van der Waals surface area contributed by atoms with Gasteiger partial charge in [0.2, 0.25) is 0 Å². The van der Waals surface area contributed by atoms with E-state index in [2.05, 4.69) is 5.32 Å². The number of carbonyl (C=O) groups is 1. The predicted molar refractivity (Wildman–Crippen MR) is 63.8 cm³/mol. The quantitative estimate of drug-likeness (QED) is 0.717. The molecule has 0 spiro atoms. The average molecular weight is 257 g/mol. The molecule has 6 heteroatoms. The van der Waals surface area contributed by atoms with Gasteiger partial charge in [-0.05, 0) is 19.2 Å². The van der Waals surface area contributed by atoms with Crippen LogP contribution >= 0.6 is 0 Å². The van der Waals surface area contributed by atoms with Crippen molar-refractivity contribution in [1.82, 2.24) is 5.32 Å². The summed E-state index contributed by atoms with van der Waals surface area (Å²) in [5.41, 5.74) is 0.292. The Bertz CT molecular complexity index is 493. The largest absolute Gasteiger partial charge is 0.384 e. The van der Waals surface area contributed by atoms with Gasteiger partial charge >= 0.3 is 0 Å². The van der Waals surface area contributed by atoms with Crippen LogP contribution < -0.4 is 5.32 Å². The summed E-state index contributed by atoms with van der Waals surface area (Å²) >= 11 is 0. The number of ketones is 1. The highest BCUT2D eigenvalue weighted by Gasteiger charge is 2.16. The third-order valence-electron chi connectivity index (χ3n) is 2.27. The highest BCUT2D eigenvalue weighted by molar-refractivity contribution is 7.90. The number of hydrogen-bond acceptors (Lipinski definition) is 5. The van der Waals surface area contributed by atoms with Crippen LogP contribution in [0.4, 0.5) is 0 Å². The van der Waals surface area contributed by atoms with E-state index < -0.39 is 21.7 Å². The number of hydrogen-bond donors (Lipinski definition) is 2. The van der Waals surface area contributed by atoms with Crippen molar-refractivity contribution in [2.45, 2.75) is 11.0 Å². The number of aliphatic hydroxyl groups is 1. The Balaban J connectivity index is 2.92. The number of benzene rings is 1. The first-order valence-corrected chi connectivity index (χ1v) is 6.92. The van der Waals surface area contributed by atoms with E-state index in [4.69, 9.17) is 0 Å². The molecule has 0 saturated carbocycles. The lowest BCUT2D eigenvalue weighted by molar-refractivity contribution is 0.0750. The molecular weight excluding hydrogens is 242 g/mol. The first-order valence-electron chi connectivity index (χ1n) is 5.03. The molecule has 1 aromatic carbocycles. The van der Waals surface area contributed by atoms with Crippen LogP contribution in [0.5, 0.6) is 0 Å². The summed E-state index contributed by atoms with van der Waals surface area (Å²) in [5.74, 6) is -0.431. The number of likely N-dealkylation sites (N-methyl/N-ethyl adjacent to an activating group) is 1. The normalized spacial score (nSPS) is 13.4. The van der Waals surface area contributed by atoms with Crippen LogP contribution in [0, 0.1) is 0 Å². The van der Waals surface area contributed by atoms with Crippen molar-refractivity contribution >= 4 is 15.6 Å². The fourth-order valence-corrected chi connectivity index (χ4v) is 1.98. The Morgan fingerprint density at radius 3 is 2.29 bits per heavy atom. The van der Waals surface area contributed by atoms with Gasteiger partial charge in [0, 0.05) is 18.4 Å². The Morgan fingerprint density at radius 1 is 1.35 bits per heavy atom. The van der Waals surface area contributed by atoms with Crippen molar-refractivity contribution in [3.63, 3.8) is 0 Å². The number of sulfone groups is 1. The SMILES string of the molecule is CNCC(O)C(=O)c1ccc(S(C)(=O)=O)cc1. The summed E-state index contributed by atoms with van der Waals surface area (Å²) < 4.78 is 22.4. The Morgan fingerprint density at radius 2 is 1.88 bits per heavy atom. The molecule has 0 aliphatic heterocycles. The molecule has 5 nitrogen and oxygen atoms in total. The van der Waals surface area contributed by atoms with Crippen LogP contribution in [0.2, 0.25) is 0 Å².